The van der Waals surface area contributed by atoms with E-state index in [2.05, 4.69) is 171 Å². The van der Waals surface area contributed by atoms with Crippen LogP contribution in [0.2, 0.25) is 0 Å². The molecule has 2 aromatic heterocycles. The second-order valence-corrected chi connectivity index (χ2v) is 14.4. The van der Waals surface area contributed by atoms with Gasteiger partial charge >= 0.3 is 0 Å². The van der Waals surface area contributed by atoms with Crippen LogP contribution in [0.1, 0.15) is 5.56 Å². The number of thiophene rings is 2. The Bertz CT molecular complexity index is 2510. The van der Waals surface area contributed by atoms with E-state index in [-0.39, 0.29) is 0 Å². The number of fused-ring (bicyclic) bond motifs is 5. The predicted molar refractivity (Wildman–Crippen MR) is 207 cm³/mol. The Balaban J connectivity index is 0.978. The third-order valence-electron chi connectivity index (χ3n) is 9.23. The van der Waals surface area contributed by atoms with Gasteiger partial charge < -0.3 is 0 Å². The van der Waals surface area contributed by atoms with Crippen LogP contribution >= 0.6 is 22.7 Å². The van der Waals surface area contributed by atoms with E-state index >= 15 is 0 Å². The largest absolute Gasteiger partial charge is 0.134 e. The van der Waals surface area contributed by atoms with E-state index < -0.39 is 0 Å². The van der Waals surface area contributed by atoms with Gasteiger partial charge in [-0.2, -0.15) is 0 Å². The summed E-state index contributed by atoms with van der Waals surface area (Å²) >= 11 is 3.84. The average Bonchev–Trinajstić information content (AvgIpc) is 3.68. The van der Waals surface area contributed by atoms with Gasteiger partial charge in [0.25, 0.3) is 0 Å². The van der Waals surface area contributed by atoms with Gasteiger partial charge in [-0.1, -0.05) is 157 Å². The first-order valence-electron chi connectivity index (χ1n) is 16.0. The van der Waals surface area contributed by atoms with Gasteiger partial charge in [0.05, 0.1) is 9.40 Å². The highest BCUT2D eigenvalue weighted by atomic mass is 32.1. The van der Waals surface area contributed by atoms with Crippen LogP contribution in [0.15, 0.2) is 164 Å². The summed E-state index contributed by atoms with van der Waals surface area (Å²) in [4.78, 5) is 0. The van der Waals surface area contributed by atoms with Crippen molar-refractivity contribution in [2.75, 3.05) is 0 Å². The second-order valence-electron chi connectivity index (χ2n) is 12.2. The topological polar surface area (TPSA) is 0 Å². The monoisotopic (exact) mass is 634 g/mol. The van der Waals surface area contributed by atoms with Gasteiger partial charge in [0, 0.05) is 20.2 Å². The summed E-state index contributed by atoms with van der Waals surface area (Å²) in [5, 5.41) is 2.71. The van der Waals surface area contributed by atoms with Crippen molar-refractivity contribution in [3.8, 4) is 55.6 Å². The number of hydrogen-bond acceptors (Lipinski definition) is 2. The smallest absolute Gasteiger partial charge is 0.0542 e. The second kappa shape index (κ2) is 11.5. The molecule has 9 aromatic rings. The summed E-state index contributed by atoms with van der Waals surface area (Å²) in [7, 11) is 0. The minimum atomic E-state index is 1.24. The van der Waals surface area contributed by atoms with Crippen molar-refractivity contribution < 1.29 is 0 Å². The van der Waals surface area contributed by atoms with Gasteiger partial charge in [-0.3, -0.25) is 0 Å². The van der Waals surface area contributed by atoms with Crippen molar-refractivity contribution in [1.82, 2.24) is 0 Å². The quantitative estimate of drug-likeness (QED) is 0.177. The molecule has 0 nitrogen and oxygen atoms in total. The zero-order valence-electron chi connectivity index (χ0n) is 25.9. The zero-order chi connectivity index (χ0) is 31.3. The molecule has 0 aliphatic carbocycles. The molecule has 47 heavy (non-hydrogen) atoms. The van der Waals surface area contributed by atoms with Crippen molar-refractivity contribution in [3.63, 3.8) is 0 Å². The molecule has 0 atom stereocenters. The predicted octanol–water partition coefficient (Wildman–Crippen LogP) is 13.9. The molecule has 7 aromatic carbocycles. The lowest BCUT2D eigenvalue weighted by Gasteiger charge is -2.07. The molecule has 0 unspecified atom stereocenters. The first kappa shape index (κ1) is 28.0. The first-order chi connectivity index (χ1) is 23.2. The lowest BCUT2D eigenvalue weighted by atomic mass is 9.98. The van der Waals surface area contributed by atoms with E-state index in [9.17, 15) is 0 Å². The van der Waals surface area contributed by atoms with E-state index in [1.54, 1.807) is 0 Å². The molecule has 0 N–H and O–H groups in total. The van der Waals surface area contributed by atoms with Crippen molar-refractivity contribution in [3.05, 3.63) is 169 Å². The Kier molecular flexibility index (Phi) is 6.85. The summed E-state index contributed by atoms with van der Waals surface area (Å²) in [5.74, 6) is 0. The number of hydrogen-bond donors (Lipinski definition) is 0. The molecule has 0 saturated heterocycles. The van der Waals surface area contributed by atoms with Gasteiger partial charge in [-0.25, -0.2) is 0 Å². The molecular weight excluding hydrogens is 605 g/mol. The van der Waals surface area contributed by atoms with E-state index in [0.29, 0.717) is 0 Å². The highest BCUT2D eigenvalue weighted by Crippen LogP contribution is 2.46. The lowest BCUT2D eigenvalue weighted by Crippen LogP contribution is -1.82. The maximum absolute atomic E-state index is 2.37. The molecule has 222 valence electrons. The van der Waals surface area contributed by atoms with Gasteiger partial charge in [0.1, 0.15) is 0 Å². The number of benzene rings is 7. The van der Waals surface area contributed by atoms with E-state index in [1.807, 2.05) is 22.7 Å². The standard InChI is InChI=1S/C45H30S2/c1-29-7-9-31(10-8-29)33-15-19-36(20-16-33)38-23-25-40-42(27-38)46-45-41-26-24-39(28-43(41)47-44(40)45)37-21-17-35(18-22-37)34-13-11-32(12-14-34)30-5-3-2-4-6-30/h2-28H,1H3. The van der Waals surface area contributed by atoms with Crippen LogP contribution in [0, 0.1) is 6.92 Å². The number of rotatable bonds is 5. The van der Waals surface area contributed by atoms with Crippen LogP contribution in [0.4, 0.5) is 0 Å². The van der Waals surface area contributed by atoms with Crippen molar-refractivity contribution in [2.24, 2.45) is 0 Å². The van der Waals surface area contributed by atoms with Crippen LogP contribution in [0.25, 0.3) is 85.2 Å². The van der Waals surface area contributed by atoms with E-state index in [0.717, 1.165) is 0 Å². The van der Waals surface area contributed by atoms with Gasteiger partial charge in [0.2, 0.25) is 0 Å². The van der Waals surface area contributed by atoms with Crippen LogP contribution in [-0.4, -0.2) is 0 Å². The summed E-state index contributed by atoms with van der Waals surface area (Å²) in [6.07, 6.45) is 0. The number of aryl methyl sites for hydroxylation is 1. The average molecular weight is 635 g/mol. The molecule has 2 heteroatoms. The highest BCUT2D eigenvalue weighted by molar-refractivity contribution is 7.36. The maximum atomic E-state index is 2.37. The molecule has 0 saturated carbocycles. The van der Waals surface area contributed by atoms with Crippen molar-refractivity contribution >= 4 is 52.2 Å². The third-order valence-corrected chi connectivity index (χ3v) is 11.7. The zero-order valence-corrected chi connectivity index (χ0v) is 27.5. The molecular formula is C45H30S2. The minimum absolute atomic E-state index is 1.24. The fraction of sp³-hybridized carbons (Fsp3) is 0.0222. The van der Waals surface area contributed by atoms with Gasteiger partial charge in [0.15, 0.2) is 0 Å². The Morgan fingerprint density at radius 3 is 0.979 bits per heavy atom. The molecule has 0 aliphatic rings. The summed E-state index contributed by atoms with van der Waals surface area (Å²) in [6.45, 7) is 2.13. The normalized spacial score (nSPS) is 11.5. The summed E-state index contributed by atoms with van der Waals surface area (Å²) in [5.41, 5.74) is 13.8. The molecule has 0 spiro atoms. The Morgan fingerprint density at radius 2 is 0.596 bits per heavy atom. The first-order valence-corrected chi connectivity index (χ1v) is 17.6. The molecule has 0 amide bonds. The lowest BCUT2D eigenvalue weighted by molar-refractivity contribution is 1.47. The maximum Gasteiger partial charge on any atom is 0.0542 e. The van der Waals surface area contributed by atoms with Crippen LogP contribution in [0.5, 0.6) is 0 Å². The Hall–Kier alpha value is -5.28. The third kappa shape index (κ3) is 5.16. The highest BCUT2D eigenvalue weighted by Gasteiger charge is 2.14. The van der Waals surface area contributed by atoms with Crippen LogP contribution in [-0.2, 0) is 0 Å². The van der Waals surface area contributed by atoms with Crippen molar-refractivity contribution in [1.29, 1.82) is 0 Å². The molecule has 0 fully saturated rings. The molecule has 0 aliphatic heterocycles. The van der Waals surface area contributed by atoms with Crippen molar-refractivity contribution in [2.45, 2.75) is 6.92 Å². The Morgan fingerprint density at radius 1 is 0.298 bits per heavy atom. The van der Waals surface area contributed by atoms with Crippen LogP contribution in [0.3, 0.4) is 0 Å². The van der Waals surface area contributed by atoms with E-state index in [1.165, 1.54) is 90.8 Å². The molecule has 0 bridgehead atoms. The molecule has 9 rings (SSSR count). The fourth-order valence-electron chi connectivity index (χ4n) is 6.56. The van der Waals surface area contributed by atoms with Crippen LogP contribution < -0.4 is 0 Å². The molecule has 2 heterocycles. The summed E-state index contributed by atoms with van der Waals surface area (Å²) in [6, 6.07) is 60.0. The minimum Gasteiger partial charge on any atom is -0.134 e. The Labute approximate surface area is 282 Å². The SMILES string of the molecule is Cc1ccc(-c2ccc(-c3ccc4c(c3)sc3c5ccc(-c6ccc(-c7ccc(-c8ccccc8)cc7)cc6)cc5sc43)cc2)cc1. The fourth-order valence-corrected chi connectivity index (χ4v) is 9.29. The van der Waals surface area contributed by atoms with E-state index in [4.69, 9.17) is 0 Å². The summed E-state index contributed by atoms with van der Waals surface area (Å²) < 4.78 is 5.49. The van der Waals surface area contributed by atoms with Gasteiger partial charge in [-0.15, -0.1) is 22.7 Å². The molecule has 0 radical (unpaired) electrons. The van der Waals surface area contributed by atoms with Gasteiger partial charge in [-0.05, 0) is 74.7 Å².